The molecule has 2 nitrogen and oxygen atoms in total. The minimum atomic E-state index is -0.672. The maximum Gasteiger partial charge on any atom is 0.141 e. The second-order valence-electron chi connectivity index (χ2n) is 5.53. The fourth-order valence-electron chi connectivity index (χ4n) is 2.07. The highest BCUT2D eigenvalue weighted by molar-refractivity contribution is 6.32. The summed E-state index contributed by atoms with van der Waals surface area (Å²) in [6, 6.07) is 2.69. The molecule has 0 spiro atoms. The Balaban J connectivity index is 1.82. The highest BCUT2D eigenvalue weighted by atomic mass is 35.5. The van der Waals surface area contributed by atoms with Crippen LogP contribution in [0.3, 0.4) is 0 Å². The molecule has 98 valence electrons. The number of ether oxygens (including phenoxy) is 1. The van der Waals surface area contributed by atoms with Crippen molar-refractivity contribution in [2.45, 2.75) is 37.7 Å². The van der Waals surface area contributed by atoms with Crippen molar-refractivity contribution in [3.8, 4) is 5.75 Å². The van der Waals surface area contributed by atoms with Crippen LogP contribution in [0.4, 0.5) is 4.39 Å². The van der Waals surface area contributed by atoms with Crippen LogP contribution in [0.5, 0.6) is 5.75 Å². The molecule has 0 bridgehead atoms. The zero-order valence-corrected chi connectivity index (χ0v) is 10.8. The molecule has 0 aromatic heterocycles. The lowest BCUT2D eigenvalue weighted by Crippen LogP contribution is -2.13. The number of hydrogen-bond donors (Lipinski definition) is 1. The van der Waals surface area contributed by atoms with Gasteiger partial charge >= 0.3 is 0 Å². The van der Waals surface area contributed by atoms with E-state index in [2.05, 4.69) is 0 Å². The first-order valence-corrected chi connectivity index (χ1v) is 6.77. The Hall–Kier alpha value is -0.800. The first-order chi connectivity index (χ1) is 8.56. The quantitative estimate of drug-likeness (QED) is 0.889. The third kappa shape index (κ3) is 2.78. The zero-order chi connectivity index (χ0) is 12.8. The molecule has 2 aliphatic carbocycles. The van der Waals surface area contributed by atoms with Crippen LogP contribution < -0.4 is 4.74 Å². The van der Waals surface area contributed by atoms with Crippen molar-refractivity contribution < 1.29 is 14.2 Å². The SMILES string of the molecule is OC1(Cc2cc(F)cc(Cl)c2OCC2CC2)CC1. The largest absolute Gasteiger partial charge is 0.491 e. The summed E-state index contributed by atoms with van der Waals surface area (Å²) in [6.45, 7) is 0.636. The van der Waals surface area contributed by atoms with Crippen LogP contribution in [0.2, 0.25) is 5.02 Å². The van der Waals surface area contributed by atoms with Crippen LogP contribution >= 0.6 is 11.6 Å². The summed E-state index contributed by atoms with van der Waals surface area (Å²) in [5.74, 6) is 0.784. The fourth-order valence-corrected chi connectivity index (χ4v) is 2.35. The molecule has 0 atom stereocenters. The molecule has 0 amide bonds. The molecule has 3 rings (SSSR count). The van der Waals surface area contributed by atoms with E-state index >= 15 is 0 Å². The summed E-state index contributed by atoms with van der Waals surface area (Å²) in [4.78, 5) is 0. The number of benzene rings is 1. The van der Waals surface area contributed by atoms with Crippen LogP contribution in [0, 0.1) is 11.7 Å². The first kappa shape index (κ1) is 12.2. The van der Waals surface area contributed by atoms with Crippen molar-refractivity contribution in [3.63, 3.8) is 0 Å². The Bertz CT molecular complexity index is 467. The number of halogens is 2. The number of rotatable bonds is 5. The second-order valence-corrected chi connectivity index (χ2v) is 5.94. The summed E-state index contributed by atoms with van der Waals surface area (Å²) in [5.41, 5.74) is 0.00934. The van der Waals surface area contributed by atoms with E-state index in [0.29, 0.717) is 35.3 Å². The molecular formula is C14H16ClFO2. The van der Waals surface area contributed by atoms with Gasteiger partial charge in [-0.05, 0) is 43.7 Å². The molecule has 2 aliphatic rings. The van der Waals surface area contributed by atoms with Gasteiger partial charge in [0.15, 0.2) is 0 Å². The van der Waals surface area contributed by atoms with E-state index in [4.69, 9.17) is 16.3 Å². The predicted octanol–water partition coefficient (Wildman–Crippen LogP) is 3.34. The monoisotopic (exact) mass is 270 g/mol. The van der Waals surface area contributed by atoms with Gasteiger partial charge < -0.3 is 9.84 Å². The van der Waals surface area contributed by atoms with Crippen molar-refractivity contribution in [2.24, 2.45) is 5.92 Å². The van der Waals surface area contributed by atoms with Gasteiger partial charge in [0.05, 0.1) is 17.2 Å². The van der Waals surface area contributed by atoms with Gasteiger partial charge in [-0.25, -0.2) is 4.39 Å². The summed E-state index contributed by atoms with van der Waals surface area (Å²) in [5, 5.41) is 10.3. The van der Waals surface area contributed by atoms with Crippen LogP contribution in [0.25, 0.3) is 0 Å². The van der Waals surface area contributed by atoms with Crippen molar-refractivity contribution in [1.29, 1.82) is 0 Å². The van der Waals surface area contributed by atoms with E-state index in [1.807, 2.05) is 0 Å². The zero-order valence-electron chi connectivity index (χ0n) is 10.1. The van der Waals surface area contributed by atoms with E-state index in [9.17, 15) is 9.50 Å². The van der Waals surface area contributed by atoms with Crippen molar-refractivity contribution in [1.82, 2.24) is 0 Å². The van der Waals surface area contributed by atoms with Crippen LogP contribution in [0.1, 0.15) is 31.2 Å². The summed E-state index contributed by atoms with van der Waals surface area (Å²) < 4.78 is 19.1. The molecule has 18 heavy (non-hydrogen) atoms. The van der Waals surface area contributed by atoms with Gasteiger partial charge in [-0.3, -0.25) is 0 Å². The van der Waals surface area contributed by atoms with Crippen LogP contribution in [0.15, 0.2) is 12.1 Å². The average molecular weight is 271 g/mol. The lowest BCUT2D eigenvalue weighted by Gasteiger charge is -2.15. The third-order valence-corrected chi connectivity index (χ3v) is 3.87. The van der Waals surface area contributed by atoms with Gasteiger partial charge in [0, 0.05) is 12.0 Å². The Morgan fingerprint density at radius 2 is 2.11 bits per heavy atom. The number of aliphatic hydroxyl groups is 1. The topological polar surface area (TPSA) is 29.5 Å². The maximum atomic E-state index is 13.4. The molecule has 4 heteroatoms. The molecule has 2 fully saturated rings. The molecule has 0 saturated heterocycles. The Kier molecular flexibility index (Phi) is 2.99. The molecule has 2 saturated carbocycles. The lowest BCUT2D eigenvalue weighted by atomic mass is 10.1. The second kappa shape index (κ2) is 4.39. The van der Waals surface area contributed by atoms with E-state index < -0.39 is 5.60 Å². The third-order valence-electron chi connectivity index (χ3n) is 3.59. The molecule has 1 aromatic carbocycles. The smallest absolute Gasteiger partial charge is 0.141 e. The highest BCUT2D eigenvalue weighted by Crippen LogP contribution is 2.42. The Labute approximate surface area is 111 Å². The minimum Gasteiger partial charge on any atom is -0.491 e. The van der Waals surface area contributed by atoms with E-state index in [0.717, 1.165) is 12.8 Å². The average Bonchev–Trinajstić information content (AvgIpc) is 3.16. The van der Waals surface area contributed by atoms with Crippen molar-refractivity contribution >= 4 is 11.6 Å². The van der Waals surface area contributed by atoms with Crippen LogP contribution in [-0.4, -0.2) is 17.3 Å². The van der Waals surface area contributed by atoms with Gasteiger partial charge in [-0.1, -0.05) is 11.6 Å². The van der Waals surface area contributed by atoms with Gasteiger partial charge in [0.1, 0.15) is 11.6 Å². The summed E-state index contributed by atoms with van der Waals surface area (Å²) >= 11 is 6.04. The van der Waals surface area contributed by atoms with E-state index in [1.165, 1.54) is 25.0 Å². The lowest BCUT2D eigenvalue weighted by molar-refractivity contribution is 0.149. The number of hydrogen-bond acceptors (Lipinski definition) is 2. The summed E-state index contributed by atoms with van der Waals surface area (Å²) in [7, 11) is 0. The maximum absolute atomic E-state index is 13.4. The molecule has 0 heterocycles. The van der Waals surface area contributed by atoms with Crippen LogP contribution in [-0.2, 0) is 6.42 Å². The van der Waals surface area contributed by atoms with Gasteiger partial charge in [-0.15, -0.1) is 0 Å². The molecule has 0 radical (unpaired) electrons. The van der Waals surface area contributed by atoms with Gasteiger partial charge in [0.2, 0.25) is 0 Å². The summed E-state index contributed by atoms with van der Waals surface area (Å²) in [6.07, 6.45) is 4.34. The van der Waals surface area contributed by atoms with Gasteiger partial charge in [-0.2, -0.15) is 0 Å². The highest BCUT2D eigenvalue weighted by Gasteiger charge is 2.41. The standard InChI is InChI=1S/C14H16ClFO2/c15-12-6-11(16)5-10(7-14(17)3-4-14)13(12)18-8-9-1-2-9/h5-6,9,17H,1-4,7-8H2. The minimum absolute atomic E-state index is 0.301. The molecule has 1 aromatic rings. The Morgan fingerprint density at radius 1 is 1.39 bits per heavy atom. The molecular weight excluding hydrogens is 255 g/mol. The predicted molar refractivity (Wildman–Crippen MR) is 67.5 cm³/mol. The van der Waals surface area contributed by atoms with E-state index in [1.54, 1.807) is 0 Å². The normalized spacial score (nSPS) is 20.8. The van der Waals surface area contributed by atoms with Crippen molar-refractivity contribution in [3.05, 3.63) is 28.5 Å². The first-order valence-electron chi connectivity index (χ1n) is 6.39. The Morgan fingerprint density at radius 3 is 2.72 bits per heavy atom. The molecule has 0 unspecified atom stereocenters. The van der Waals surface area contributed by atoms with Gasteiger partial charge in [0.25, 0.3) is 0 Å². The van der Waals surface area contributed by atoms with Crippen molar-refractivity contribution in [2.75, 3.05) is 6.61 Å². The molecule has 0 aliphatic heterocycles. The molecule has 1 N–H and O–H groups in total. The fraction of sp³-hybridized carbons (Fsp3) is 0.571. The van der Waals surface area contributed by atoms with E-state index in [-0.39, 0.29) is 5.82 Å².